The van der Waals surface area contributed by atoms with Gasteiger partial charge in [-0.3, -0.25) is 0 Å². The van der Waals surface area contributed by atoms with Crippen molar-refractivity contribution in [2.75, 3.05) is 25.7 Å². The summed E-state index contributed by atoms with van der Waals surface area (Å²) in [6, 6.07) is 5.22. The van der Waals surface area contributed by atoms with Gasteiger partial charge in [0.2, 0.25) is 0 Å². The molecule has 2 unspecified atom stereocenters. The average Bonchev–Trinajstić information content (AvgIpc) is 2.40. The SMILES string of the molecule is CNC(c1ccc2c(c1)CN(C)C(=O)N2)C(C)S(C)(=O)=O. The summed E-state index contributed by atoms with van der Waals surface area (Å²) in [7, 11) is 0.326. The van der Waals surface area contributed by atoms with Crippen molar-refractivity contribution in [2.45, 2.75) is 24.8 Å². The molecule has 7 heteroatoms. The number of carbonyl (C=O) groups excluding carboxylic acids is 1. The first-order chi connectivity index (χ1) is 9.74. The van der Waals surface area contributed by atoms with Gasteiger partial charge in [0.15, 0.2) is 9.84 Å². The summed E-state index contributed by atoms with van der Waals surface area (Å²) in [5.74, 6) is 0. The molecule has 0 fully saturated rings. The molecular formula is C14H21N3O3S. The van der Waals surface area contributed by atoms with E-state index in [1.54, 1.807) is 25.9 Å². The van der Waals surface area contributed by atoms with Crippen LogP contribution in [0.5, 0.6) is 0 Å². The molecule has 116 valence electrons. The molecule has 2 amide bonds. The molecule has 0 aromatic heterocycles. The van der Waals surface area contributed by atoms with E-state index in [0.29, 0.717) is 6.54 Å². The van der Waals surface area contributed by atoms with Crippen LogP contribution in [0.1, 0.15) is 24.1 Å². The first kappa shape index (κ1) is 15.8. The zero-order valence-electron chi connectivity index (χ0n) is 12.7. The molecule has 1 heterocycles. The highest BCUT2D eigenvalue weighted by molar-refractivity contribution is 7.91. The number of sulfone groups is 1. The van der Waals surface area contributed by atoms with Crippen molar-refractivity contribution in [3.63, 3.8) is 0 Å². The topological polar surface area (TPSA) is 78.5 Å². The van der Waals surface area contributed by atoms with Gasteiger partial charge in [0.1, 0.15) is 0 Å². The smallest absolute Gasteiger partial charge is 0.321 e. The highest BCUT2D eigenvalue weighted by Crippen LogP contribution is 2.28. The predicted octanol–water partition coefficient (Wildman–Crippen LogP) is 1.36. The molecule has 1 aromatic rings. The molecule has 0 radical (unpaired) electrons. The van der Waals surface area contributed by atoms with Gasteiger partial charge in [-0.05, 0) is 31.2 Å². The minimum absolute atomic E-state index is 0.134. The fraction of sp³-hybridized carbons (Fsp3) is 0.500. The number of urea groups is 1. The van der Waals surface area contributed by atoms with E-state index in [-0.39, 0.29) is 12.1 Å². The van der Waals surface area contributed by atoms with Crippen LogP contribution in [0.2, 0.25) is 0 Å². The lowest BCUT2D eigenvalue weighted by atomic mass is 9.99. The third-order valence-electron chi connectivity index (χ3n) is 3.94. The van der Waals surface area contributed by atoms with Crippen molar-refractivity contribution in [1.29, 1.82) is 0 Å². The van der Waals surface area contributed by atoms with Gasteiger partial charge in [-0.2, -0.15) is 0 Å². The minimum Gasteiger partial charge on any atom is -0.323 e. The van der Waals surface area contributed by atoms with Gasteiger partial charge in [0.05, 0.1) is 5.25 Å². The highest BCUT2D eigenvalue weighted by Gasteiger charge is 2.27. The van der Waals surface area contributed by atoms with Crippen LogP contribution in [0.25, 0.3) is 0 Å². The Hall–Kier alpha value is -1.60. The third kappa shape index (κ3) is 3.19. The van der Waals surface area contributed by atoms with Gasteiger partial charge in [0.25, 0.3) is 0 Å². The number of fused-ring (bicyclic) bond motifs is 1. The van der Waals surface area contributed by atoms with Crippen LogP contribution in [-0.2, 0) is 16.4 Å². The Morgan fingerprint density at radius 3 is 2.62 bits per heavy atom. The molecule has 0 spiro atoms. The Kier molecular flexibility index (Phi) is 4.25. The Bertz CT molecular complexity index is 657. The summed E-state index contributed by atoms with van der Waals surface area (Å²) in [6.07, 6.45) is 1.24. The largest absolute Gasteiger partial charge is 0.323 e. The van der Waals surface area contributed by atoms with E-state index in [9.17, 15) is 13.2 Å². The number of rotatable bonds is 4. The molecular weight excluding hydrogens is 290 g/mol. The molecule has 2 rings (SSSR count). The molecule has 0 aliphatic carbocycles. The van der Waals surface area contributed by atoms with Crippen molar-refractivity contribution in [3.05, 3.63) is 29.3 Å². The monoisotopic (exact) mass is 311 g/mol. The highest BCUT2D eigenvalue weighted by atomic mass is 32.2. The van der Waals surface area contributed by atoms with Crippen LogP contribution in [0.3, 0.4) is 0 Å². The number of amides is 2. The first-order valence-corrected chi connectivity index (χ1v) is 8.70. The number of hydrogen-bond acceptors (Lipinski definition) is 4. The number of benzene rings is 1. The van der Waals surface area contributed by atoms with Crippen molar-refractivity contribution >= 4 is 21.6 Å². The van der Waals surface area contributed by atoms with Crippen molar-refractivity contribution in [3.8, 4) is 0 Å². The lowest BCUT2D eigenvalue weighted by molar-refractivity contribution is 0.218. The number of nitrogens with one attached hydrogen (secondary N) is 2. The maximum absolute atomic E-state index is 11.8. The summed E-state index contributed by atoms with van der Waals surface area (Å²) >= 11 is 0. The van der Waals surface area contributed by atoms with E-state index in [1.807, 2.05) is 18.2 Å². The van der Waals surface area contributed by atoms with Gasteiger partial charge in [-0.25, -0.2) is 13.2 Å². The lowest BCUT2D eigenvalue weighted by Gasteiger charge is -2.28. The summed E-state index contributed by atoms with van der Waals surface area (Å²) < 4.78 is 23.6. The van der Waals surface area contributed by atoms with Crippen LogP contribution in [0.15, 0.2) is 18.2 Å². The first-order valence-electron chi connectivity index (χ1n) is 6.75. The third-order valence-corrected chi connectivity index (χ3v) is 5.56. The summed E-state index contributed by atoms with van der Waals surface area (Å²) in [5.41, 5.74) is 2.66. The van der Waals surface area contributed by atoms with Gasteiger partial charge >= 0.3 is 6.03 Å². The Labute approximate surface area is 125 Å². The second-order valence-corrected chi connectivity index (χ2v) is 7.91. The Balaban J connectivity index is 2.37. The van der Waals surface area contributed by atoms with E-state index in [2.05, 4.69) is 10.6 Å². The number of nitrogens with zero attached hydrogens (tertiary/aromatic N) is 1. The second kappa shape index (κ2) is 5.65. The van der Waals surface area contributed by atoms with Crippen LogP contribution in [-0.4, -0.2) is 44.9 Å². The van der Waals surface area contributed by atoms with E-state index < -0.39 is 15.1 Å². The molecule has 1 aliphatic rings. The molecule has 2 N–H and O–H groups in total. The van der Waals surface area contributed by atoms with Crippen LogP contribution in [0, 0.1) is 0 Å². The van der Waals surface area contributed by atoms with Crippen LogP contribution in [0.4, 0.5) is 10.5 Å². The van der Waals surface area contributed by atoms with E-state index in [4.69, 9.17) is 0 Å². The Morgan fingerprint density at radius 1 is 1.38 bits per heavy atom. The van der Waals surface area contributed by atoms with Crippen LogP contribution >= 0.6 is 0 Å². The van der Waals surface area contributed by atoms with E-state index in [0.717, 1.165) is 16.8 Å². The zero-order chi connectivity index (χ0) is 15.8. The zero-order valence-corrected chi connectivity index (χ0v) is 13.5. The molecule has 1 aromatic carbocycles. The van der Waals surface area contributed by atoms with E-state index in [1.165, 1.54) is 6.26 Å². The summed E-state index contributed by atoms with van der Waals surface area (Å²) in [5, 5.41) is 5.34. The van der Waals surface area contributed by atoms with Crippen LogP contribution < -0.4 is 10.6 Å². The van der Waals surface area contributed by atoms with Gasteiger partial charge < -0.3 is 15.5 Å². The molecule has 0 saturated carbocycles. The lowest BCUT2D eigenvalue weighted by Crippen LogP contribution is -2.36. The number of carbonyl (C=O) groups is 1. The molecule has 2 atom stereocenters. The maximum atomic E-state index is 11.8. The fourth-order valence-electron chi connectivity index (χ4n) is 2.52. The van der Waals surface area contributed by atoms with Crippen molar-refractivity contribution < 1.29 is 13.2 Å². The van der Waals surface area contributed by atoms with Crippen molar-refractivity contribution in [1.82, 2.24) is 10.2 Å². The normalized spacial score (nSPS) is 17.9. The molecule has 1 aliphatic heterocycles. The predicted molar refractivity (Wildman–Crippen MR) is 83.0 cm³/mol. The van der Waals surface area contributed by atoms with Gasteiger partial charge in [-0.1, -0.05) is 12.1 Å². The number of anilines is 1. The molecule has 0 saturated heterocycles. The summed E-state index contributed by atoms with van der Waals surface area (Å²) in [6.45, 7) is 2.21. The quantitative estimate of drug-likeness (QED) is 0.880. The fourth-order valence-corrected chi connectivity index (χ4v) is 3.30. The molecule has 0 bridgehead atoms. The molecule has 21 heavy (non-hydrogen) atoms. The average molecular weight is 311 g/mol. The van der Waals surface area contributed by atoms with Crippen molar-refractivity contribution in [2.24, 2.45) is 0 Å². The van der Waals surface area contributed by atoms with Gasteiger partial charge in [0, 0.05) is 31.6 Å². The number of hydrogen-bond donors (Lipinski definition) is 2. The standard InChI is InChI=1S/C14H21N3O3S/c1-9(21(4,19)20)13(15-2)10-5-6-12-11(7-10)8-17(3)14(18)16-12/h5-7,9,13,15H,8H2,1-4H3,(H,16,18). The second-order valence-electron chi connectivity index (χ2n) is 5.50. The molecule has 6 nitrogen and oxygen atoms in total. The Morgan fingerprint density at radius 2 is 2.05 bits per heavy atom. The van der Waals surface area contributed by atoms with Gasteiger partial charge in [-0.15, -0.1) is 0 Å². The summed E-state index contributed by atoms with van der Waals surface area (Å²) in [4.78, 5) is 13.2. The van der Waals surface area contributed by atoms with E-state index >= 15 is 0 Å². The maximum Gasteiger partial charge on any atom is 0.321 e. The minimum atomic E-state index is -3.15.